The highest BCUT2D eigenvalue weighted by atomic mass is 35.5. The molecule has 4 unspecified atom stereocenters. The smallest absolute Gasteiger partial charge is 0.234 e. The van der Waals surface area contributed by atoms with Gasteiger partial charge in [-0.15, -0.1) is 11.6 Å². The molecule has 116 valence electrons. The third kappa shape index (κ3) is 4.07. The summed E-state index contributed by atoms with van der Waals surface area (Å²) in [7, 11) is -3.13. The maximum atomic E-state index is 11.9. The number of nitrogens with one attached hydrogen (secondary N) is 1. The predicted molar refractivity (Wildman–Crippen MR) is 76.5 cm³/mol. The number of hydrogen-bond donors (Lipinski definition) is 2. The first-order valence-corrected chi connectivity index (χ1v) is 9.07. The van der Waals surface area contributed by atoms with E-state index in [9.17, 15) is 18.3 Å². The maximum absolute atomic E-state index is 11.9. The lowest BCUT2D eigenvalue weighted by Gasteiger charge is -2.19. The standard InChI is InChI=1S/C12H21ClN2O4S/c1-8(16)9-2-3-15(4-9)5-12(17)14-11-7-20(18,19)6-10(11)13/h8-11,16H,2-7H2,1H3,(H,14,17). The summed E-state index contributed by atoms with van der Waals surface area (Å²) < 4.78 is 22.8. The van der Waals surface area contributed by atoms with Gasteiger partial charge in [0.15, 0.2) is 9.84 Å². The molecule has 8 heteroatoms. The van der Waals surface area contributed by atoms with Crippen LogP contribution >= 0.6 is 11.6 Å². The number of carbonyl (C=O) groups excluding carboxylic acids is 1. The van der Waals surface area contributed by atoms with E-state index in [-0.39, 0.29) is 36.0 Å². The van der Waals surface area contributed by atoms with Gasteiger partial charge in [0.1, 0.15) is 0 Å². The van der Waals surface area contributed by atoms with Gasteiger partial charge in [0.25, 0.3) is 0 Å². The van der Waals surface area contributed by atoms with Crippen LogP contribution < -0.4 is 5.32 Å². The molecule has 20 heavy (non-hydrogen) atoms. The SMILES string of the molecule is CC(O)C1CCN(CC(=O)NC2CS(=O)(=O)CC2Cl)C1. The monoisotopic (exact) mass is 324 g/mol. The first-order valence-electron chi connectivity index (χ1n) is 6.81. The Bertz CT molecular complexity index is 468. The Morgan fingerprint density at radius 1 is 1.50 bits per heavy atom. The van der Waals surface area contributed by atoms with Crippen molar-refractivity contribution in [3.8, 4) is 0 Å². The highest BCUT2D eigenvalue weighted by Crippen LogP contribution is 2.20. The number of aliphatic hydroxyl groups is 1. The average molecular weight is 325 g/mol. The van der Waals surface area contributed by atoms with E-state index in [1.54, 1.807) is 6.92 Å². The largest absolute Gasteiger partial charge is 0.393 e. The molecule has 0 bridgehead atoms. The third-order valence-electron chi connectivity index (χ3n) is 3.99. The van der Waals surface area contributed by atoms with Crippen molar-refractivity contribution in [2.24, 2.45) is 5.92 Å². The van der Waals surface area contributed by atoms with E-state index in [0.29, 0.717) is 6.54 Å². The number of carbonyl (C=O) groups is 1. The molecule has 2 aliphatic heterocycles. The Morgan fingerprint density at radius 2 is 2.20 bits per heavy atom. The summed E-state index contributed by atoms with van der Waals surface area (Å²) in [6, 6.07) is -0.496. The highest BCUT2D eigenvalue weighted by molar-refractivity contribution is 7.91. The summed E-state index contributed by atoms with van der Waals surface area (Å²) >= 11 is 5.95. The molecular weight excluding hydrogens is 304 g/mol. The van der Waals surface area contributed by atoms with Gasteiger partial charge in [-0.3, -0.25) is 9.69 Å². The van der Waals surface area contributed by atoms with Crippen molar-refractivity contribution in [3.63, 3.8) is 0 Å². The minimum atomic E-state index is -3.13. The molecule has 2 fully saturated rings. The van der Waals surface area contributed by atoms with Gasteiger partial charge in [0, 0.05) is 6.54 Å². The van der Waals surface area contributed by atoms with Crippen molar-refractivity contribution >= 4 is 27.3 Å². The summed E-state index contributed by atoms with van der Waals surface area (Å²) in [6.07, 6.45) is 0.510. The van der Waals surface area contributed by atoms with Crippen LogP contribution in [0.2, 0.25) is 0 Å². The van der Waals surface area contributed by atoms with Gasteiger partial charge < -0.3 is 10.4 Å². The normalized spacial score (nSPS) is 35.0. The van der Waals surface area contributed by atoms with E-state index in [1.807, 2.05) is 4.90 Å². The molecule has 6 nitrogen and oxygen atoms in total. The second-order valence-electron chi connectivity index (χ2n) is 5.79. The fraction of sp³-hybridized carbons (Fsp3) is 0.917. The van der Waals surface area contributed by atoms with Crippen LogP contribution in [0.25, 0.3) is 0 Å². The van der Waals surface area contributed by atoms with Gasteiger partial charge in [-0.05, 0) is 25.8 Å². The number of likely N-dealkylation sites (tertiary alicyclic amines) is 1. The molecule has 2 rings (SSSR count). The van der Waals surface area contributed by atoms with Crippen LogP contribution in [0.1, 0.15) is 13.3 Å². The highest BCUT2D eigenvalue weighted by Gasteiger charge is 2.37. The summed E-state index contributed by atoms with van der Waals surface area (Å²) in [4.78, 5) is 13.9. The number of amides is 1. The zero-order valence-electron chi connectivity index (χ0n) is 11.5. The van der Waals surface area contributed by atoms with E-state index in [2.05, 4.69) is 5.32 Å². The summed E-state index contributed by atoms with van der Waals surface area (Å²) in [5.41, 5.74) is 0. The lowest BCUT2D eigenvalue weighted by molar-refractivity contribution is -0.122. The van der Waals surface area contributed by atoms with Gasteiger partial charge in [-0.25, -0.2) is 8.42 Å². The zero-order valence-corrected chi connectivity index (χ0v) is 13.0. The Kier molecular flexibility index (Phi) is 4.94. The van der Waals surface area contributed by atoms with Gasteiger partial charge in [0.2, 0.25) is 5.91 Å². The Hall–Kier alpha value is -0.370. The van der Waals surface area contributed by atoms with Crippen LogP contribution in [0.3, 0.4) is 0 Å². The topological polar surface area (TPSA) is 86.7 Å². The summed E-state index contributed by atoms with van der Waals surface area (Å²) in [5.74, 6) is -0.157. The fourth-order valence-corrected chi connectivity index (χ4v) is 5.34. The molecule has 1 amide bonds. The first kappa shape index (κ1) is 16.0. The van der Waals surface area contributed by atoms with E-state index in [4.69, 9.17) is 11.6 Å². The van der Waals surface area contributed by atoms with Crippen molar-refractivity contribution in [1.29, 1.82) is 0 Å². The summed E-state index contributed by atoms with van der Waals surface area (Å²) in [6.45, 7) is 3.45. The van der Waals surface area contributed by atoms with E-state index in [1.165, 1.54) is 0 Å². The molecule has 2 saturated heterocycles. The molecule has 0 saturated carbocycles. The Labute approximate surface area is 124 Å². The number of sulfone groups is 1. The van der Waals surface area contributed by atoms with Gasteiger partial charge >= 0.3 is 0 Å². The molecule has 0 radical (unpaired) electrons. The van der Waals surface area contributed by atoms with E-state index in [0.717, 1.165) is 13.0 Å². The first-order chi connectivity index (χ1) is 9.27. The van der Waals surface area contributed by atoms with Crippen molar-refractivity contribution in [3.05, 3.63) is 0 Å². The van der Waals surface area contributed by atoms with Gasteiger partial charge in [0.05, 0.1) is 35.6 Å². The molecule has 0 aromatic heterocycles. The Morgan fingerprint density at radius 3 is 2.70 bits per heavy atom. The predicted octanol–water partition coefficient (Wildman–Crippen LogP) is -0.790. The second-order valence-corrected chi connectivity index (χ2v) is 8.51. The molecule has 0 aliphatic carbocycles. The van der Waals surface area contributed by atoms with E-state index >= 15 is 0 Å². The molecule has 4 atom stereocenters. The average Bonchev–Trinajstić information content (AvgIpc) is 2.84. The molecule has 0 spiro atoms. The molecular formula is C12H21ClN2O4S. The van der Waals surface area contributed by atoms with Gasteiger partial charge in [-0.2, -0.15) is 0 Å². The molecule has 0 aromatic carbocycles. The van der Waals surface area contributed by atoms with Gasteiger partial charge in [-0.1, -0.05) is 0 Å². The van der Waals surface area contributed by atoms with Crippen LogP contribution in [-0.4, -0.2) is 73.0 Å². The van der Waals surface area contributed by atoms with Crippen LogP contribution in [-0.2, 0) is 14.6 Å². The Balaban J connectivity index is 1.79. The van der Waals surface area contributed by atoms with Crippen molar-refractivity contribution in [1.82, 2.24) is 10.2 Å². The lowest BCUT2D eigenvalue weighted by Crippen LogP contribution is -2.45. The third-order valence-corrected chi connectivity index (χ3v) is 6.36. The lowest BCUT2D eigenvalue weighted by atomic mass is 10.0. The second kappa shape index (κ2) is 6.17. The van der Waals surface area contributed by atoms with Crippen molar-refractivity contribution in [2.75, 3.05) is 31.1 Å². The number of alkyl halides is 1. The number of hydrogen-bond acceptors (Lipinski definition) is 5. The van der Waals surface area contributed by atoms with Crippen LogP contribution in [0.4, 0.5) is 0 Å². The van der Waals surface area contributed by atoms with Crippen molar-refractivity contribution < 1.29 is 18.3 Å². The summed E-state index contributed by atoms with van der Waals surface area (Å²) in [5, 5.41) is 11.7. The number of aliphatic hydroxyl groups excluding tert-OH is 1. The zero-order chi connectivity index (χ0) is 14.9. The van der Waals surface area contributed by atoms with Crippen LogP contribution in [0.15, 0.2) is 0 Å². The van der Waals surface area contributed by atoms with Crippen molar-refractivity contribution in [2.45, 2.75) is 30.9 Å². The molecule has 2 heterocycles. The fourth-order valence-electron chi connectivity index (χ4n) is 2.79. The molecule has 2 N–H and O–H groups in total. The van der Waals surface area contributed by atoms with Crippen LogP contribution in [0, 0.1) is 5.92 Å². The number of rotatable bonds is 4. The van der Waals surface area contributed by atoms with Crippen LogP contribution in [0.5, 0.6) is 0 Å². The minimum absolute atomic E-state index is 0.0761. The maximum Gasteiger partial charge on any atom is 0.234 e. The van der Waals surface area contributed by atoms with E-state index < -0.39 is 21.3 Å². The number of nitrogens with zero attached hydrogens (tertiary/aromatic N) is 1. The number of halogens is 1. The molecule has 0 aromatic rings. The molecule has 2 aliphatic rings. The minimum Gasteiger partial charge on any atom is -0.393 e. The quantitative estimate of drug-likeness (QED) is 0.662.